The highest BCUT2D eigenvalue weighted by Gasteiger charge is 2.13. The molecule has 1 N–H and O–H groups in total. The molecule has 0 fully saturated rings. The smallest absolute Gasteiger partial charge is 0.161 e. The van der Waals surface area contributed by atoms with Crippen LogP contribution in [0.1, 0.15) is 5.82 Å². The van der Waals surface area contributed by atoms with Gasteiger partial charge in [0.05, 0.1) is 24.7 Å². The molecule has 0 aliphatic rings. The van der Waals surface area contributed by atoms with Crippen LogP contribution in [0.5, 0.6) is 11.5 Å². The molecule has 0 saturated heterocycles. The van der Waals surface area contributed by atoms with Gasteiger partial charge in [0.1, 0.15) is 18.5 Å². The molecule has 0 saturated carbocycles. The van der Waals surface area contributed by atoms with E-state index in [-0.39, 0.29) is 6.61 Å². The van der Waals surface area contributed by atoms with Gasteiger partial charge in [0, 0.05) is 0 Å². The van der Waals surface area contributed by atoms with Gasteiger partial charge in [0.15, 0.2) is 11.5 Å². The van der Waals surface area contributed by atoms with Crippen LogP contribution in [0.25, 0.3) is 11.0 Å². The molecule has 0 radical (unpaired) electrons. The molecule has 0 amide bonds. The van der Waals surface area contributed by atoms with Crippen molar-refractivity contribution in [2.24, 2.45) is 0 Å². The number of aryl methyl sites for hydroxylation is 1. The maximum atomic E-state index is 10.3. The molecule has 0 bridgehead atoms. The summed E-state index contributed by atoms with van der Waals surface area (Å²) >= 11 is 0. The van der Waals surface area contributed by atoms with E-state index in [1.807, 2.05) is 60.0 Å². The van der Waals surface area contributed by atoms with Gasteiger partial charge in [-0.15, -0.1) is 0 Å². The van der Waals surface area contributed by atoms with Gasteiger partial charge >= 0.3 is 0 Å². The highest BCUT2D eigenvalue weighted by atomic mass is 16.5. The molecule has 120 valence electrons. The first kappa shape index (κ1) is 15.4. The minimum Gasteiger partial charge on any atom is -0.493 e. The molecule has 1 aromatic heterocycles. The lowest BCUT2D eigenvalue weighted by molar-refractivity contribution is 0.0914. The number of hydrogen-bond acceptors (Lipinski definition) is 4. The van der Waals surface area contributed by atoms with Crippen molar-refractivity contribution >= 4 is 11.0 Å². The molecule has 1 heterocycles. The molecule has 5 nitrogen and oxygen atoms in total. The fourth-order valence-corrected chi connectivity index (χ4v) is 2.61. The first-order valence-electron chi connectivity index (χ1n) is 7.55. The van der Waals surface area contributed by atoms with Crippen molar-refractivity contribution in [3.8, 4) is 11.5 Å². The molecule has 2 aromatic carbocycles. The van der Waals surface area contributed by atoms with E-state index >= 15 is 0 Å². The van der Waals surface area contributed by atoms with Gasteiger partial charge in [-0.25, -0.2) is 4.98 Å². The first-order chi connectivity index (χ1) is 11.2. The molecule has 0 spiro atoms. The fraction of sp³-hybridized carbons (Fsp3) is 0.278. The van der Waals surface area contributed by atoms with Crippen LogP contribution in [0.3, 0.4) is 0 Å². The summed E-state index contributed by atoms with van der Waals surface area (Å²) in [6.45, 7) is 2.56. The van der Waals surface area contributed by atoms with Crippen molar-refractivity contribution in [2.45, 2.75) is 19.6 Å². The van der Waals surface area contributed by atoms with Gasteiger partial charge in [-0.2, -0.15) is 0 Å². The average Bonchev–Trinajstić information content (AvgIpc) is 2.89. The number of para-hydroxylation sites is 4. The van der Waals surface area contributed by atoms with Gasteiger partial charge in [0.2, 0.25) is 0 Å². The number of fused-ring (bicyclic) bond motifs is 1. The molecule has 3 rings (SSSR count). The highest BCUT2D eigenvalue weighted by molar-refractivity contribution is 5.75. The number of aromatic nitrogens is 2. The molecular weight excluding hydrogens is 292 g/mol. The van der Waals surface area contributed by atoms with Crippen LogP contribution in [0.4, 0.5) is 0 Å². The Balaban J connectivity index is 1.69. The van der Waals surface area contributed by atoms with Crippen molar-refractivity contribution < 1.29 is 14.6 Å². The zero-order chi connectivity index (χ0) is 16.2. The summed E-state index contributed by atoms with van der Waals surface area (Å²) in [7, 11) is 1.60. The Labute approximate surface area is 135 Å². The van der Waals surface area contributed by atoms with Crippen LogP contribution in [0.15, 0.2) is 48.5 Å². The van der Waals surface area contributed by atoms with E-state index in [1.165, 1.54) is 0 Å². The molecule has 0 aliphatic carbocycles. The number of rotatable bonds is 6. The minimum atomic E-state index is -0.642. The monoisotopic (exact) mass is 312 g/mol. The predicted molar refractivity (Wildman–Crippen MR) is 89.0 cm³/mol. The Morgan fingerprint density at radius 2 is 1.78 bits per heavy atom. The maximum Gasteiger partial charge on any atom is 0.161 e. The lowest BCUT2D eigenvalue weighted by atomic mass is 10.3. The third-order valence-electron chi connectivity index (χ3n) is 3.74. The summed E-state index contributed by atoms with van der Waals surface area (Å²) in [6, 6.07) is 15.3. The maximum absolute atomic E-state index is 10.3. The Kier molecular flexibility index (Phi) is 4.48. The summed E-state index contributed by atoms with van der Waals surface area (Å²) in [5.74, 6) is 2.16. The van der Waals surface area contributed by atoms with Crippen LogP contribution in [-0.4, -0.2) is 34.5 Å². The van der Waals surface area contributed by atoms with Gasteiger partial charge in [-0.3, -0.25) is 0 Å². The van der Waals surface area contributed by atoms with Crippen molar-refractivity contribution in [1.29, 1.82) is 0 Å². The average molecular weight is 312 g/mol. The number of ether oxygens (including phenoxy) is 2. The summed E-state index contributed by atoms with van der Waals surface area (Å²) in [5.41, 5.74) is 1.95. The molecule has 0 aliphatic heterocycles. The largest absolute Gasteiger partial charge is 0.493 e. The van der Waals surface area contributed by atoms with Crippen molar-refractivity contribution in [2.75, 3.05) is 13.7 Å². The van der Waals surface area contributed by atoms with Crippen LogP contribution < -0.4 is 9.47 Å². The van der Waals surface area contributed by atoms with E-state index < -0.39 is 6.10 Å². The number of methoxy groups -OCH3 is 1. The van der Waals surface area contributed by atoms with Crippen LogP contribution in [0.2, 0.25) is 0 Å². The Morgan fingerprint density at radius 1 is 1.09 bits per heavy atom. The number of hydrogen-bond donors (Lipinski definition) is 1. The third kappa shape index (κ3) is 3.29. The third-order valence-corrected chi connectivity index (χ3v) is 3.74. The summed E-state index contributed by atoms with van der Waals surface area (Å²) in [5, 5.41) is 10.3. The molecule has 3 aromatic rings. The summed E-state index contributed by atoms with van der Waals surface area (Å²) < 4.78 is 12.9. The number of benzene rings is 2. The van der Waals surface area contributed by atoms with E-state index in [0.717, 1.165) is 16.9 Å². The minimum absolute atomic E-state index is 0.187. The predicted octanol–water partition coefficient (Wildman–Crippen LogP) is 2.79. The van der Waals surface area contributed by atoms with E-state index in [1.54, 1.807) is 7.11 Å². The lowest BCUT2D eigenvalue weighted by Crippen LogP contribution is -2.24. The number of aliphatic hydroxyl groups is 1. The Hall–Kier alpha value is -2.53. The van der Waals surface area contributed by atoms with E-state index in [4.69, 9.17) is 9.47 Å². The highest BCUT2D eigenvalue weighted by Crippen LogP contribution is 2.26. The molecular formula is C18H20N2O3. The standard InChI is InChI=1S/C18H20N2O3/c1-13-19-15-7-3-4-8-16(15)20(13)11-14(21)12-23-18-10-6-5-9-17(18)22-2/h3-10,14,21H,11-12H2,1-2H3/t14-/m0/s1. The van der Waals surface area contributed by atoms with Crippen molar-refractivity contribution in [3.05, 3.63) is 54.4 Å². The van der Waals surface area contributed by atoms with Gasteiger partial charge < -0.3 is 19.1 Å². The zero-order valence-corrected chi connectivity index (χ0v) is 13.3. The quantitative estimate of drug-likeness (QED) is 0.760. The van der Waals surface area contributed by atoms with Gasteiger partial charge in [-0.05, 0) is 31.2 Å². The van der Waals surface area contributed by atoms with Crippen molar-refractivity contribution in [3.63, 3.8) is 0 Å². The second kappa shape index (κ2) is 6.71. The number of nitrogens with zero attached hydrogens (tertiary/aromatic N) is 2. The van der Waals surface area contributed by atoms with Crippen LogP contribution in [-0.2, 0) is 6.54 Å². The van der Waals surface area contributed by atoms with E-state index in [2.05, 4.69) is 4.98 Å². The number of aliphatic hydroxyl groups excluding tert-OH is 1. The van der Waals surface area contributed by atoms with E-state index in [0.29, 0.717) is 18.0 Å². The second-order valence-corrected chi connectivity index (χ2v) is 5.37. The summed E-state index contributed by atoms with van der Waals surface area (Å²) in [6.07, 6.45) is -0.642. The Morgan fingerprint density at radius 3 is 2.57 bits per heavy atom. The van der Waals surface area contributed by atoms with Gasteiger partial charge in [-0.1, -0.05) is 24.3 Å². The van der Waals surface area contributed by atoms with Crippen LogP contribution in [0, 0.1) is 6.92 Å². The first-order valence-corrected chi connectivity index (χ1v) is 7.55. The molecule has 0 unspecified atom stereocenters. The molecule has 1 atom stereocenters. The van der Waals surface area contributed by atoms with E-state index in [9.17, 15) is 5.11 Å². The molecule has 5 heteroatoms. The topological polar surface area (TPSA) is 56.5 Å². The van der Waals surface area contributed by atoms with Crippen molar-refractivity contribution in [1.82, 2.24) is 9.55 Å². The van der Waals surface area contributed by atoms with Gasteiger partial charge in [0.25, 0.3) is 0 Å². The van der Waals surface area contributed by atoms with Crippen LogP contribution >= 0.6 is 0 Å². The fourth-order valence-electron chi connectivity index (χ4n) is 2.61. The Bertz CT molecular complexity index is 798. The molecule has 23 heavy (non-hydrogen) atoms. The number of imidazole rings is 1. The second-order valence-electron chi connectivity index (χ2n) is 5.37. The zero-order valence-electron chi connectivity index (χ0n) is 13.3. The summed E-state index contributed by atoms with van der Waals surface area (Å²) in [4.78, 5) is 4.50. The lowest BCUT2D eigenvalue weighted by Gasteiger charge is -2.16. The normalized spacial score (nSPS) is 12.3. The SMILES string of the molecule is COc1ccccc1OC[C@@H](O)Cn1c(C)nc2ccccc21.